The van der Waals surface area contributed by atoms with E-state index in [9.17, 15) is 0 Å². The molecular weight excluding hydrogens is 457 g/mol. The van der Waals surface area contributed by atoms with Crippen LogP contribution in [0.2, 0.25) is 0 Å². The molecular formula is C17H11BiN2O. The predicted molar refractivity (Wildman–Crippen MR) is 84.9 cm³/mol. The molecule has 3 nitrogen and oxygen atoms in total. The Morgan fingerprint density at radius 2 is 1.76 bits per heavy atom. The molecule has 0 aliphatic heterocycles. The third-order valence-electron chi connectivity index (χ3n) is 3.50. The van der Waals surface area contributed by atoms with E-state index in [-0.39, 0.29) is 0 Å². The number of aromatic nitrogens is 2. The molecule has 0 amide bonds. The second-order valence-electron chi connectivity index (χ2n) is 4.94. The fourth-order valence-electron chi connectivity index (χ4n) is 2.64. The molecule has 0 saturated heterocycles. The molecule has 2 aromatic heterocycles. The van der Waals surface area contributed by atoms with Crippen molar-refractivity contribution in [2.75, 3.05) is 0 Å². The van der Waals surface area contributed by atoms with Gasteiger partial charge in [0.2, 0.25) is 0 Å². The zero-order valence-corrected chi connectivity index (χ0v) is 14.8. The Bertz CT molecular complexity index is 955. The Kier molecular flexibility index (Phi) is 3.00. The first-order valence-corrected chi connectivity index (χ1v) is 8.41. The van der Waals surface area contributed by atoms with Gasteiger partial charge in [0, 0.05) is 0 Å². The average Bonchev–Trinajstić information content (AvgIpc) is 2.84. The van der Waals surface area contributed by atoms with Gasteiger partial charge in [0.1, 0.15) is 0 Å². The van der Waals surface area contributed by atoms with Gasteiger partial charge in [-0.25, -0.2) is 0 Å². The molecule has 2 aromatic carbocycles. The number of aryl methyl sites for hydroxylation is 1. The summed E-state index contributed by atoms with van der Waals surface area (Å²) in [5, 5.41) is 2.27. The number of benzene rings is 2. The summed E-state index contributed by atoms with van der Waals surface area (Å²) in [6.45, 7) is 1.93. The summed E-state index contributed by atoms with van der Waals surface area (Å²) in [6, 6.07) is 16.4. The van der Waals surface area contributed by atoms with Crippen LogP contribution in [0.3, 0.4) is 0 Å². The standard InChI is InChI=1S/C17H11N2O.Bi/c1-11-18-10-9-15(19-11)14-7-4-6-13-12-5-2-3-8-16(12)20-17(13)14;/h2-9H,1H3;. The van der Waals surface area contributed by atoms with Crippen LogP contribution >= 0.6 is 0 Å². The normalized spacial score (nSPS) is 11.3. The van der Waals surface area contributed by atoms with Crippen molar-refractivity contribution in [1.82, 2.24) is 9.97 Å². The first-order valence-electron chi connectivity index (χ1n) is 6.67. The third-order valence-corrected chi connectivity index (χ3v) is 4.40. The van der Waals surface area contributed by atoms with Crippen LogP contribution < -0.4 is 3.40 Å². The average molecular weight is 468 g/mol. The van der Waals surface area contributed by atoms with Gasteiger partial charge >= 0.3 is 137 Å². The summed E-state index contributed by atoms with van der Waals surface area (Å²) in [5.74, 6) is 0.804. The summed E-state index contributed by atoms with van der Waals surface area (Å²) < 4.78 is 7.14. The van der Waals surface area contributed by atoms with Gasteiger partial charge in [-0.05, 0) is 0 Å². The number of furan rings is 1. The quantitative estimate of drug-likeness (QED) is 0.403. The van der Waals surface area contributed by atoms with E-state index in [1.165, 1.54) is 0 Å². The number of para-hydroxylation sites is 2. The molecule has 0 unspecified atom stereocenters. The topological polar surface area (TPSA) is 38.9 Å². The molecule has 100 valence electrons. The monoisotopic (exact) mass is 468 g/mol. The van der Waals surface area contributed by atoms with Gasteiger partial charge in [-0.2, -0.15) is 0 Å². The fraction of sp³-hybridized carbons (Fsp3) is 0.0588. The van der Waals surface area contributed by atoms with E-state index in [0.29, 0.717) is 0 Å². The zero-order chi connectivity index (χ0) is 14.4. The number of rotatable bonds is 1. The van der Waals surface area contributed by atoms with Gasteiger partial charge in [0.05, 0.1) is 0 Å². The molecule has 2 radical (unpaired) electrons. The minimum absolute atomic E-state index is 0.804. The molecule has 0 bridgehead atoms. The summed E-state index contributed by atoms with van der Waals surface area (Å²) in [6.07, 6.45) is 0. The van der Waals surface area contributed by atoms with Crippen LogP contribution in [0.15, 0.2) is 52.9 Å². The van der Waals surface area contributed by atoms with Crippen molar-refractivity contribution in [2.45, 2.75) is 6.92 Å². The number of hydrogen-bond acceptors (Lipinski definition) is 3. The van der Waals surface area contributed by atoms with Gasteiger partial charge in [0.15, 0.2) is 0 Å². The molecule has 0 atom stereocenters. The third kappa shape index (κ3) is 2.14. The molecule has 2 heterocycles. The van der Waals surface area contributed by atoms with Crippen LogP contribution in [0.25, 0.3) is 33.2 Å². The number of nitrogens with zero attached hydrogens (tertiary/aromatic N) is 2. The van der Waals surface area contributed by atoms with Crippen LogP contribution in [-0.4, -0.2) is 34.7 Å². The van der Waals surface area contributed by atoms with Gasteiger partial charge in [0.25, 0.3) is 0 Å². The van der Waals surface area contributed by atoms with Gasteiger partial charge in [-0.1, -0.05) is 0 Å². The number of hydrogen-bond donors (Lipinski definition) is 0. The van der Waals surface area contributed by atoms with Crippen LogP contribution in [0.1, 0.15) is 5.82 Å². The summed E-state index contributed by atoms with van der Waals surface area (Å²) in [7, 11) is 0. The molecule has 0 aliphatic rings. The van der Waals surface area contributed by atoms with E-state index in [4.69, 9.17) is 4.42 Å². The summed E-state index contributed by atoms with van der Waals surface area (Å²) >= 11 is 1.13. The molecule has 0 saturated carbocycles. The van der Waals surface area contributed by atoms with E-state index < -0.39 is 0 Å². The number of fused-ring (bicyclic) bond motifs is 3. The van der Waals surface area contributed by atoms with Crippen LogP contribution in [-0.2, 0) is 0 Å². The Morgan fingerprint density at radius 1 is 0.952 bits per heavy atom. The molecule has 0 aliphatic carbocycles. The first kappa shape index (κ1) is 12.9. The van der Waals surface area contributed by atoms with Crippen molar-refractivity contribution < 1.29 is 4.42 Å². The summed E-state index contributed by atoms with van der Waals surface area (Å²) in [4.78, 5) is 8.96. The molecule has 0 N–H and O–H groups in total. The van der Waals surface area contributed by atoms with Gasteiger partial charge in [-0.3, -0.25) is 0 Å². The van der Waals surface area contributed by atoms with Crippen molar-refractivity contribution in [3.8, 4) is 11.3 Å². The van der Waals surface area contributed by atoms with E-state index >= 15 is 0 Å². The fourth-order valence-corrected chi connectivity index (χ4v) is 3.68. The van der Waals surface area contributed by atoms with Crippen LogP contribution in [0.4, 0.5) is 0 Å². The Hall–Kier alpha value is -1.80. The first-order chi connectivity index (χ1) is 10.2. The second-order valence-corrected chi connectivity index (χ2v) is 6.72. The Morgan fingerprint density at radius 3 is 2.62 bits per heavy atom. The molecule has 4 heteroatoms. The second kappa shape index (κ2) is 4.89. The van der Waals surface area contributed by atoms with Crippen molar-refractivity contribution in [3.63, 3.8) is 0 Å². The van der Waals surface area contributed by atoms with Crippen molar-refractivity contribution in [2.24, 2.45) is 0 Å². The van der Waals surface area contributed by atoms with E-state index in [0.717, 1.165) is 67.1 Å². The molecule has 4 rings (SSSR count). The maximum atomic E-state index is 6.07. The SMILES string of the molecule is Cc1n[c]([Bi])cc(-c2cccc3c2oc2ccccc23)n1. The maximum absolute atomic E-state index is 6.07. The Labute approximate surface area is 136 Å². The molecule has 0 fully saturated rings. The summed E-state index contributed by atoms with van der Waals surface area (Å²) in [5.41, 5.74) is 3.77. The van der Waals surface area contributed by atoms with Crippen LogP contribution in [0, 0.1) is 6.92 Å². The molecule has 0 spiro atoms. The van der Waals surface area contributed by atoms with Crippen molar-refractivity contribution in [1.29, 1.82) is 0 Å². The van der Waals surface area contributed by atoms with E-state index in [1.807, 2.05) is 31.2 Å². The van der Waals surface area contributed by atoms with Gasteiger partial charge < -0.3 is 0 Å². The minimum atomic E-state index is 0.804. The molecule has 4 aromatic rings. The van der Waals surface area contributed by atoms with Crippen LogP contribution in [0.5, 0.6) is 0 Å². The Balaban J connectivity index is 2.09. The molecule has 21 heavy (non-hydrogen) atoms. The van der Waals surface area contributed by atoms with Crippen molar-refractivity contribution >= 4 is 50.1 Å². The van der Waals surface area contributed by atoms with E-state index in [1.54, 1.807) is 0 Å². The van der Waals surface area contributed by atoms with Crippen molar-refractivity contribution in [3.05, 3.63) is 54.4 Å². The van der Waals surface area contributed by atoms with E-state index in [2.05, 4.69) is 34.2 Å². The predicted octanol–water partition coefficient (Wildman–Crippen LogP) is 3.15. The zero-order valence-electron chi connectivity index (χ0n) is 11.4. The van der Waals surface area contributed by atoms with Gasteiger partial charge in [-0.15, -0.1) is 0 Å².